The second kappa shape index (κ2) is 8.06. The van der Waals surface area contributed by atoms with Gasteiger partial charge >= 0.3 is 5.97 Å². The third-order valence-corrected chi connectivity index (χ3v) is 2.84. The normalized spacial score (nSPS) is 12.0. The van der Waals surface area contributed by atoms with Crippen LogP contribution in [0, 0.1) is 0 Å². The SMILES string of the molecule is NC(=O)CC[C@H](NC(=O)/C=C/c1ccc(Cl)cc1)C(=O)O. The molecule has 1 atom stereocenters. The summed E-state index contributed by atoms with van der Waals surface area (Å²) >= 11 is 5.73. The Morgan fingerprint density at radius 1 is 1.29 bits per heavy atom. The molecule has 0 spiro atoms. The number of rotatable bonds is 7. The third-order valence-electron chi connectivity index (χ3n) is 2.59. The summed E-state index contributed by atoms with van der Waals surface area (Å²) in [4.78, 5) is 33.2. The van der Waals surface area contributed by atoms with Crippen LogP contribution in [0.25, 0.3) is 6.08 Å². The first-order chi connectivity index (χ1) is 9.88. The van der Waals surface area contributed by atoms with Crippen LogP contribution in [0.15, 0.2) is 30.3 Å². The van der Waals surface area contributed by atoms with Gasteiger partial charge in [0, 0.05) is 17.5 Å². The second-order valence-corrected chi connectivity index (χ2v) is 4.73. The Bertz CT molecular complexity index is 555. The fourth-order valence-electron chi connectivity index (χ4n) is 1.51. The fourth-order valence-corrected chi connectivity index (χ4v) is 1.64. The molecule has 0 unspecified atom stereocenters. The van der Waals surface area contributed by atoms with Crippen LogP contribution in [0.2, 0.25) is 5.02 Å². The van der Waals surface area contributed by atoms with Gasteiger partial charge in [0.05, 0.1) is 0 Å². The molecule has 0 aliphatic carbocycles. The molecule has 4 N–H and O–H groups in total. The summed E-state index contributed by atoms with van der Waals surface area (Å²) in [5.74, 6) is -2.40. The first-order valence-corrected chi connectivity index (χ1v) is 6.51. The molecule has 0 bridgehead atoms. The summed E-state index contributed by atoms with van der Waals surface area (Å²) in [6, 6.07) is 5.62. The minimum Gasteiger partial charge on any atom is -0.480 e. The van der Waals surface area contributed by atoms with Crippen molar-refractivity contribution in [1.29, 1.82) is 0 Å². The van der Waals surface area contributed by atoms with Gasteiger partial charge in [-0.3, -0.25) is 9.59 Å². The zero-order valence-electron chi connectivity index (χ0n) is 11.1. The van der Waals surface area contributed by atoms with Gasteiger partial charge in [0.1, 0.15) is 6.04 Å². The molecule has 6 nitrogen and oxygen atoms in total. The zero-order valence-corrected chi connectivity index (χ0v) is 11.8. The van der Waals surface area contributed by atoms with Crippen molar-refractivity contribution in [2.45, 2.75) is 18.9 Å². The summed E-state index contributed by atoms with van der Waals surface area (Å²) in [6.45, 7) is 0. The fraction of sp³-hybridized carbons (Fsp3) is 0.214. The molecule has 21 heavy (non-hydrogen) atoms. The summed E-state index contributed by atoms with van der Waals surface area (Å²) in [6.07, 6.45) is 2.57. The third kappa shape index (κ3) is 6.58. The molecular weight excluding hydrogens is 296 g/mol. The van der Waals surface area contributed by atoms with Crippen LogP contribution in [0.3, 0.4) is 0 Å². The van der Waals surface area contributed by atoms with E-state index < -0.39 is 23.8 Å². The van der Waals surface area contributed by atoms with Crippen LogP contribution in [0.4, 0.5) is 0 Å². The van der Waals surface area contributed by atoms with E-state index in [9.17, 15) is 14.4 Å². The number of carbonyl (C=O) groups is 3. The highest BCUT2D eigenvalue weighted by Crippen LogP contribution is 2.10. The molecule has 0 aliphatic rings. The Balaban J connectivity index is 2.59. The highest BCUT2D eigenvalue weighted by atomic mass is 35.5. The van der Waals surface area contributed by atoms with E-state index in [1.807, 2.05) is 0 Å². The average molecular weight is 311 g/mol. The molecule has 0 fully saturated rings. The lowest BCUT2D eigenvalue weighted by atomic mass is 10.1. The van der Waals surface area contributed by atoms with Gasteiger partial charge in [0.2, 0.25) is 11.8 Å². The number of aliphatic carboxylic acids is 1. The number of carbonyl (C=O) groups excluding carboxylic acids is 2. The number of nitrogens with two attached hydrogens (primary N) is 1. The van der Waals surface area contributed by atoms with Gasteiger partial charge in [0.25, 0.3) is 0 Å². The van der Waals surface area contributed by atoms with E-state index in [0.29, 0.717) is 5.02 Å². The largest absolute Gasteiger partial charge is 0.480 e. The van der Waals surface area contributed by atoms with Crippen molar-refractivity contribution in [3.05, 3.63) is 40.9 Å². The molecule has 1 aromatic carbocycles. The topological polar surface area (TPSA) is 109 Å². The molecule has 1 aromatic rings. The number of primary amides is 1. The van der Waals surface area contributed by atoms with Gasteiger partial charge in [-0.25, -0.2) is 4.79 Å². The Morgan fingerprint density at radius 2 is 1.90 bits per heavy atom. The number of halogens is 1. The van der Waals surface area contributed by atoms with E-state index in [2.05, 4.69) is 5.32 Å². The molecule has 2 amide bonds. The van der Waals surface area contributed by atoms with E-state index in [0.717, 1.165) is 5.56 Å². The number of hydrogen-bond acceptors (Lipinski definition) is 3. The Labute approximate surface area is 126 Å². The summed E-state index contributed by atoms with van der Waals surface area (Å²) in [7, 11) is 0. The highest BCUT2D eigenvalue weighted by Gasteiger charge is 2.19. The van der Waals surface area contributed by atoms with E-state index in [1.165, 1.54) is 12.2 Å². The summed E-state index contributed by atoms with van der Waals surface area (Å²) in [5.41, 5.74) is 5.70. The minimum absolute atomic E-state index is 0.0504. The van der Waals surface area contributed by atoms with Crippen molar-refractivity contribution in [3.63, 3.8) is 0 Å². The van der Waals surface area contributed by atoms with Crippen LogP contribution >= 0.6 is 11.6 Å². The first-order valence-electron chi connectivity index (χ1n) is 6.13. The smallest absolute Gasteiger partial charge is 0.326 e. The van der Waals surface area contributed by atoms with E-state index in [1.54, 1.807) is 24.3 Å². The monoisotopic (exact) mass is 310 g/mol. The van der Waals surface area contributed by atoms with Crippen molar-refractivity contribution in [1.82, 2.24) is 5.32 Å². The second-order valence-electron chi connectivity index (χ2n) is 4.29. The zero-order chi connectivity index (χ0) is 15.8. The van der Waals surface area contributed by atoms with Gasteiger partial charge in [-0.1, -0.05) is 23.7 Å². The van der Waals surface area contributed by atoms with E-state index >= 15 is 0 Å². The minimum atomic E-state index is -1.22. The lowest BCUT2D eigenvalue weighted by Crippen LogP contribution is -2.40. The number of carboxylic acids is 1. The Hall–Kier alpha value is -2.34. The van der Waals surface area contributed by atoms with Gasteiger partial charge in [-0.05, 0) is 30.2 Å². The van der Waals surface area contributed by atoms with Crippen molar-refractivity contribution in [3.8, 4) is 0 Å². The standard InChI is InChI=1S/C14H15ClN2O4/c15-10-4-1-9(2-5-10)3-8-13(19)17-11(14(20)21)6-7-12(16)18/h1-5,8,11H,6-7H2,(H2,16,18)(H,17,19)(H,20,21)/b8-3+/t11-/m0/s1. The number of carboxylic acid groups (broad SMARTS) is 1. The number of amides is 2. The van der Waals surface area contributed by atoms with Crippen LogP contribution in [0.1, 0.15) is 18.4 Å². The maximum Gasteiger partial charge on any atom is 0.326 e. The van der Waals surface area contributed by atoms with Crippen molar-refractivity contribution >= 4 is 35.5 Å². The summed E-state index contributed by atoms with van der Waals surface area (Å²) in [5, 5.41) is 11.8. The molecule has 0 saturated heterocycles. The van der Waals surface area contributed by atoms with Crippen molar-refractivity contribution < 1.29 is 19.5 Å². The first kappa shape index (κ1) is 16.7. The van der Waals surface area contributed by atoms with E-state index in [-0.39, 0.29) is 12.8 Å². The van der Waals surface area contributed by atoms with Gasteiger partial charge < -0.3 is 16.2 Å². The number of hydrogen-bond donors (Lipinski definition) is 3. The van der Waals surface area contributed by atoms with Crippen LogP contribution in [-0.2, 0) is 14.4 Å². The maximum absolute atomic E-state index is 11.6. The maximum atomic E-state index is 11.6. The molecule has 7 heteroatoms. The number of nitrogens with one attached hydrogen (secondary N) is 1. The molecule has 0 aromatic heterocycles. The van der Waals surface area contributed by atoms with Gasteiger partial charge in [0.15, 0.2) is 0 Å². The predicted molar refractivity (Wildman–Crippen MR) is 78.5 cm³/mol. The molecule has 0 saturated carbocycles. The lowest BCUT2D eigenvalue weighted by molar-refractivity contribution is -0.141. The average Bonchev–Trinajstić information content (AvgIpc) is 2.42. The van der Waals surface area contributed by atoms with Gasteiger partial charge in [-0.15, -0.1) is 0 Å². The molecular formula is C14H15ClN2O4. The van der Waals surface area contributed by atoms with Crippen LogP contribution in [-0.4, -0.2) is 28.9 Å². The Kier molecular flexibility index (Phi) is 6.42. The van der Waals surface area contributed by atoms with Crippen molar-refractivity contribution in [2.24, 2.45) is 5.73 Å². The highest BCUT2D eigenvalue weighted by molar-refractivity contribution is 6.30. The predicted octanol–water partition coefficient (Wildman–Crippen LogP) is 1.19. The van der Waals surface area contributed by atoms with E-state index in [4.69, 9.17) is 22.4 Å². The lowest BCUT2D eigenvalue weighted by Gasteiger charge is -2.11. The van der Waals surface area contributed by atoms with Gasteiger partial charge in [-0.2, -0.15) is 0 Å². The van der Waals surface area contributed by atoms with Crippen LogP contribution < -0.4 is 11.1 Å². The molecule has 0 radical (unpaired) electrons. The van der Waals surface area contributed by atoms with Crippen LogP contribution in [0.5, 0.6) is 0 Å². The Morgan fingerprint density at radius 3 is 2.43 bits per heavy atom. The molecule has 112 valence electrons. The quantitative estimate of drug-likeness (QED) is 0.657. The summed E-state index contributed by atoms with van der Waals surface area (Å²) < 4.78 is 0. The molecule has 0 aliphatic heterocycles. The molecule has 1 rings (SSSR count). The molecule has 0 heterocycles. The van der Waals surface area contributed by atoms with Crippen molar-refractivity contribution in [2.75, 3.05) is 0 Å². The number of benzene rings is 1.